The molecular formula is C11H19N5O2S. The Balaban J connectivity index is 2.13. The number of likely N-dealkylation sites (tertiary alicyclic amines) is 1. The van der Waals surface area contributed by atoms with Crippen molar-refractivity contribution in [1.82, 2.24) is 14.6 Å². The second-order valence-electron chi connectivity index (χ2n) is 4.74. The van der Waals surface area contributed by atoms with Crippen LogP contribution in [-0.4, -0.2) is 44.5 Å². The van der Waals surface area contributed by atoms with Crippen LogP contribution in [0.15, 0.2) is 23.2 Å². The fourth-order valence-corrected chi connectivity index (χ4v) is 3.48. The Morgan fingerprint density at radius 3 is 3.00 bits per heavy atom. The Labute approximate surface area is 113 Å². The summed E-state index contributed by atoms with van der Waals surface area (Å²) in [5.74, 6) is 5.55. The first kappa shape index (κ1) is 14.2. The van der Waals surface area contributed by atoms with Gasteiger partial charge in [0.25, 0.3) is 0 Å². The number of piperidine rings is 1. The van der Waals surface area contributed by atoms with E-state index in [4.69, 9.17) is 5.84 Å². The Hall–Kier alpha value is -1.22. The van der Waals surface area contributed by atoms with Gasteiger partial charge in [0.2, 0.25) is 10.0 Å². The lowest BCUT2D eigenvalue weighted by Crippen LogP contribution is -2.46. The van der Waals surface area contributed by atoms with Gasteiger partial charge in [0, 0.05) is 24.8 Å². The van der Waals surface area contributed by atoms with Gasteiger partial charge in [-0.2, -0.15) is 0 Å². The molecule has 4 N–H and O–H groups in total. The van der Waals surface area contributed by atoms with Crippen molar-refractivity contribution in [3.63, 3.8) is 0 Å². The van der Waals surface area contributed by atoms with Crippen LogP contribution < -0.4 is 16.0 Å². The maximum absolute atomic E-state index is 12.2. The van der Waals surface area contributed by atoms with E-state index in [-0.39, 0.29) is 10.9 Å². The Morgan fingerprint density at radius 2 is 2.32 bits per heavy atom. The van der Waals surface area contributed by atoms with Gasteiger partial charge < -0.3 is 10.3 Å². The van der Waals surface area contributed by atoms with E-state index < -0.39 is 10.0 Å². The smallest absolute Gasteiger partial charge is 0.241 e. The number of rotatable bonds is 4. The number of aromatic nitrogens is 1. The maximum Gasteiger partial charge on any atom is 0.241 e. The third kappa shape index (κ3) is 3.63. The molecule has 8 heteroatoms. The van der Waals surface area contributed by atoms with Gasteiger partial charge in [0.1, 0.15) is 5.82 Å². The first-order valence-corrected chi connectivity index (χ1v) is 7.63. The van der Waals surface area contributed by atoms with Crippen LogP contribution in [0.25, 0.3) is 0 Å². The van der Waals surface area contributed by atoms with Gasteiger partial charge in [0.15, 0.2) is 0 Å². The minimum atomic E-state index is -3.53. The van der Waals surface area contributed by atoms with E-state index in [0.717, 1.165) is 25.9 Å². The van der Waals surface area contributed by atoms with Gasteiger partial charge in [-0.3, -0.25) is 0 Å². The van der Waals surface area contributed by atoms with Gasteiger partial charge in [0.05, 0.1) is 4.90 Å². The van der Waals surface area contributed by atoms with Crippen molar-refractivity contribution in [2.45, 2.75) is 23.8 Å². The normalized spacial score (nSPS) is 21.3. The lowest BCUT2D eigenvalue weighted by atomic mass is 10.1. The summed E-state index contributed by atoms with van der Waals surface area (Å²) in [4.78, 5) is 6.18. The van der Waals surface area contributed by atoms with E-state index >= 15 is 0 Å². The molecule has 1 aromatic heterocycles. The van der Waals surface area contributed by atoms with Crippen LogP contribution in [0.3, 0.4) is 0 Å². The fourth-order valence-electron chi connectivity index (χ4n) is 2.21. The molecular weight excluding hydrogens is 266 g/mol. The molecule has 0 aromatic carbocycles. The molecule has 1 aliphatic rings. The number of nitrogens with one attached hydrogen (secondary N) is 2. The number of nitrogen functional groups attached to an aromatic ring is 1. The number of hydrogen-bond acceptors (Lipinski definition) is 6. The minimum absolute atomic E-state index is 0.0498. The zero-order valence-corrected chi connectivity index (χ0v) is 11.7. The highest BCUT2D eigenvalue weighted by molar-refractivity contribution is 7.89. The molecule has 2 rings (SSSR count). The number of hydrazine groups is 1. The van der Waals surface area contributed by atoms with Crippen molar-refractivity contribution in [3.8, 4) is 0 Å². The molecule has 1 fully saturated rings. The number of anilines is 1. The second-order valence-corrected chi connectivity index (χ2v) is 6.46. The van der Waals surface area contributed by atoms with Crippen LogP contribution >= 0.6 is 0 Å². The van der Waals surface area contributed by atoms with E-state index in [1.807, 2.05) is 7.05 Å². The third-order valence-electron chi connectivity index (χ3n) is 3.14. The molecule has 1 aromatic rings. The number of hydrogen-bond donors (Lipinski definition) is 3. The molecule has 1 atom stereocenters. The van der Waals surface area contributed by atoms with Gasteiger partial charge >= 0.3 is 0 Å². The summed E-state index contributed by atoms with van der Waals surface area (Å²) in [6, 6.07) is 2.82. The molecule has 0 aliphatic carbocycles. The Kier molecular flexibility index (Phi) is 4.35. The molecule has 2 heterocycles. The van der Waals surface area contributed by atoms with Gasteiger partial charge in [-0.15, -0.1) is 0 Å². The van der Waals surface area contributed by atoms with E-state index in [1.54, 1.807) is 0 Å². The predicted molar refractivity (Wildman–Crippen MR) is 72.9 cm³/mol. The van der Waals surface area contributed by atoms with Crippen LogP contribution in [0.2, 0.25) is 0 Å². The van der Waals surface area contributed by atoms with Gasteiger partial charge in [-0.05, 0) is 32.5 Å². The standard InChI is InChI=1S/C11H19N5O2S/c1-16-6-2-3-9(8-16)15-19(17,18)10-4-5-13-11(7-10)14-12/h4-5,7,9,15H,2-3,6,8,12H2,1H3,(H,13,14). The number of sulfonamides is 1. The molecule has 106 valence electrons. The molecule has 0 amide bonds. The highest BCUT2D eigenvalue weighted by Gasteiger charge is 2.23. The van der Waals surface area contributed by atoms with Crippen LogP contribution in [0.1, 0.15) is 12.8 Å². The molecule has 0 radical (unpaired) electrons. The van der Waals surface area contributed by atoms with Crippen molar-refractivity contribution in [3.05, 3.63) is 18.3 Å². The highest BCUT2D eigenvalue weighted by atomic mass is 32.2. The average Bonchev–Trinajstić information content (AvgIpc) is 2.38. The van der Waals surface area contributed by atoms with Crippen molar-refractivity contribution < 1.29 is 8.42 Å². The van der Waals surface area contributed by atoms with Crippen molar-refractivity contribution in [2.75, 3.05) is 25.6 Å². The molecule has 1 unspecified atom stereocenters. The van der Waals surface area contributed by atoms with E-state index in [1.165, 1.54) is 18.3 Å². The summed E-state index contributed by atoms with van der Waals surface area (Å²) >= 11 is 0. The molecule has 0 bridgehead atoms. The Bertz CT molecular complexity index is 534. The summed E-state index contributed by atoms with van der Waals surface area (Å²) < 4.78 is 27.2. The van der Waals surface area contributed by atoms with E-state index in [9.17, 15) is 8.42 Å². The average molecular weight is 285 g/mol. The predicted octanol–water partition coefficient (Wildman–Crippen LogP) is -0.260. The molecule has 1 aliphatic heterocycles. The fraction of sp³-hybridized carbons (Fsp3) is 0.545. The number of nitrogens with two attached hydrogens (primary N) is 1. The van der Waals surface area contributed by atoms with E-state index in [2.05, 4.69) is 20.0 Å². The van der Waals surface area contributed by atoms with Crippen molar-refractivity contribution >= 4 is 15.8 Å². The maximum atomic E-state index is 12.2. The quantitative estimate of drug-likeness (QED) is 0.520. The molecule has 0 spiro atoms. The molecule has 7 nitrogen and oxygen atoms in total. The zero-order chi connectivity index (χ0) is 13.9. The van der Waals surface area contributed by atoms with Gasteiger partial charge in [-0.25, -0.2) is 24.0 Å². The summed E-state index contributed by atoms with van der Waals surface area (Å²) in [6.45, 7) is 1.74. The lowest BCUT2D eigenvalue weighted by molar-refractivity contribution is 0.242. The third-order valence-corrected chi connectivity index (χ3v) is 4.65. The SMILES string of the molecule is CN1CCCC(NS(=O)(=O)c2ccnc(NN)c2)C1. The van der Waals surface area contributed by atoms with Crippen LogP contribution in [-0.2, 0) is 10.0 Å². The summed E-state index contributed by atoms with van der Waals surface area (Å²) in [7, 11) is -1.54. The lowest BCUT2D eigenvalue weighted by Gasteiger charge is -2.29. The largest absolute Gasteiger partial charge is 0.308 e. The molecule has 19 heavy (non-hydrogen) atoms. The number of pyridine rings is 1. The Morgan fingerprint density at radius 1 is 1.53 bits per heavy atom. The summed E-state index contributed by atoms with van der Waals surface area (Å²) in [5, 5.41) is 0. The molecule has 1 saturated heterocycles. The summed E-state index contributed by atoms with van der Waals surface area (Å²) in [5.41, 5.74) is 2.34. The van der Waals surface area contributed by atoms with Crippen LogP contribution in [0, 0.1) is 0 Å². The highest BCUT2D eigenvalue weighted by Crippen LogP contribution is 2.15. The van der Waals surface area contributed by atoms with Crippen LogP contribution in [0.4, 0.5) is 5.82 Å². The van der Waals surface area contributed by atoms with Gasteiger partial charge in [-0.1, -0.05) is 0 Å². The minimum Gasteiger partial charge on any atom is -0.308 e. The first-order chi connectivity index (χ1) is 9.01. The van der Waals surface area contributed by atoms with E-state index in [0.29, 0.717) is 5.82 Å². The monoisotopic (exact) mass is 285 g/mol. The van der Waals surface area contributed by atoms with Crippen LogP contribution in [0.5, 0.6) is 0 Å². The number of nitrogens with zero attached hydrogens (tertiary/aromatic N) is 2. The second kappa shape index (κ2) is 5.83. The first-order valence-electron chi connectivity index (χ1n) is 6.15. The zero-order valence-electron chi connectivity index (χ0n) is 10.8. The topological polar surface area (TPSA) is 100 Å². The van der Waals surface area contributed by atoms with Crippen molar-refractivity contribution in [2.24, 2.45) is 5.84 Å². The number of likely N-dealkylation sites (N-methyl/N-ethyl adjacent to an activating group) is 1. The van der Waals surface area contributed by atoms with Crippen molar-refractivity contribution in [1.29, 1.82) is 0 Å². The molecule has 0 saturated carbocycles. The summed E-state index contributed by atoms with van der Waals surface area (Å²) in [6.07, 6.45) is 3.27.